The van der Waals surface area contributed by atoms with Crippen LogP contribution in [0.2, 0.25) is 0 Å². The molecular weight excluding hydrogens is 390 g/mol. The summed E-state index contributed by atoms with van der Waals surface area (Å²) in [6.45, 7) is 6.50. The maximum atomic E-state index is 11.5. The molecule has 0 aliphatic carbocycles. The summed E-state index contributed by atoms with van der Waals surface area (Å²) in [5.74, 6) is 1.11. The summed E-state index contributed by atoms with van der Waals surface area (Å²) in [5, 5.41) is 0. The second-order valence-electron chi connectivity index (χ2n) is 8.03. The Hall–Kier alpha value is -2.67. The summed E-state index contributed by atoms with van der Waals surface area (Å²) in [5.41, 5.74) is 17.7. The molecule has 1 heterocycles. The number of carbonyl (C=O) groups excluding carboxylic acids is 1. The Morgan fingerprint density at radius 3 is 2.61 bits per heavy atom. The van der Waals surface area contributed by atoms with Crippen LogP contribution in [-0.4, -0.2) is 25.5 Å². The smallest absolute Gasteiger partial charge is 0.142 e. The summed E-state index contributed by atoms with van der Waals surface area (Å²) < 4.78 is 11.6. The van der Waals surface area contributed by atoms with Gasteiger partial charge in [-0.1, -0.05) is 50.2 Å². The van der Waals surface area contributed by atoms with E-state index < -0.39 is 0 Å². The summed E-state index contributed by atoms with van der Waals surface area (Å²) >= 11 is 0. The van der Waals surface area contributed by atoms with Gasteiger partial charge in [0.15, 0.2) is 0 Å². The van der Waals surface area contributed by atoms with Gasteiger partial charge in [-0.25, -0.2) is 5.43 Å². The van der Waals surface area contributed by atoms with Gasteiger partial charge in [0.1, 0.15) is 18.1 Å². The van der Waals surface area contributed by atoms with Crippen molar-refractivity contribution in [2.24, 2.45) is 11.7 Å². The lowest BCUT2D eigenvalue weighted by Gasteiger charge is -2.15. The molecule has 1 atom stereocenters. The molecule has 2 aromatic carbocycles. The van der Waals surface area contributed by atoms with E-state index in [1.165, 1.54) is 5.56 Å². The molecule has 0 saturated heterocycles. The number of rotatable bonds is 12. The highest BCUT2D eigenvalue weighted by Crippen LogP contribution is 2.26. The van der Waals surface area contributed by atoms with Crippen LogP contribution in [0.15, 0.2) is 59.8 Å². The summed E-state index contributed by atoms with van der Waals surface area (Å²) in [7, 11) is 0. The van der Waals surface area contributed by atoms with Crippen LogP contribution in [0.25, 0.3) is 0 Å². The molecular formula is C25H33N3O3. The highest BCUT2D eigenvalue weighted by molar-refractivity contribution is 5.65. The molecule has 1 aliphatic heterocycles. The van der Waals surface area contributed by atoms with Gasteiger partial charge in [-0.05, 0) is 46.7 Å². The minimum Gasteiger partial charge on any atom is -0.493 e. The Kier molecular flexibility index (Phi) is 8.64. The first-order chi connectivity index (χ1) is 15.1. The zero-order valence-electron chi connectivity index (χ0n) is 18.4. The van der Waals surface area contributed by atoms with Gasteiger partial charge >= 0.3 is 0 Å². The molecule has 0 spiro atoms. The zero-order valence-corrected chi connectivity index (χ0v) is 18.4. The Morgan fingerprint density at radius 1 is 1.10 bits per heavy atom. The van der Waals surface area contributed by atoms with E-state index in [4.69, 9.17) is 15.2 Å². The first-order valence-corrected chi connectivity index (χ1v) is 10.9. The van der Waals surface area contributed by atoms with E-state index in [0.717, 1.165) is 40.9 Å². The van der Waals surface area contributed by atoms with Gasteiger partial charge in [0, 0.05) is 18.7 Å². The van der Waals surface area contributed by atoms with Crippen LogP contribution >= 0.6 is 0 Å². The Labute approximate surface area is 184 Å². The molecule has 0 saturated carbocycles. The van der Waals surface area contributed by atoms with Crippen molar-refractivity contribution in [2.75, 3.05) is 13.2 Å². The van der Waals surface area contributed by atoms with Gasteiger partial charge in [-0.15, -0.1) is 0 Å². The third-order valence-electron chi connectivity index (χ3n) is 5.39. The molecule has 3 rings (SSSR count). The fourth-order valence-corrected chi connectivity index (χ4v) is 3.70. The molecule has 166 valence electrons. The predicted octanol–water partition coefficient (Wildman–Crippen LogP) is 3.26. The standard InChI is InChI=1S/C25H33N3O3/c1-18(2)25-23(24(16-29)27-28-25)14-20-9-10-22(13-21(20)15-26)31-12-6-11-30-17-19-7-4-3-5-8-19/h3-5,7-10,13,16,18,24,27-28H,6,11-12,14-15,17,26H2,1-2H3. The van der Waals surface area contributed by atoms with Crippen molar-refractivity contribution in [2.45, 2.75) is 45.9 Å². The molecule has 31 heavy (non-hydrogen) atoms. The quantitative estimate of drug-likeness (QED) is 0.359. The van der Waals surface area contributed by atoms with Gasteiger partial charge in [0.2, 0.25) is 0 Å². The van der Waals surface area contributed by atoms with Crippen molar-refractivity contribution in [1.82, 2.24) is 10.9 Å². The van der Waals surface area contributed by atoms with Crippen LogP contribution in [0.1, 0.15) is 37.0 Å². The predicted molar refractivity (Wildman–Crippen MR) is 122 cm³/mol. The van der Waals surface area contributed by atoms with Gasteiger partial charge in [0.05, 0.1) is 19.8 Å². The van der Waals surface area contributed by atoms with Crippen LogP contribution in [-0.2, 0) is 29.1 Å². The number of hydrogen-bond acceptors (Lipinski definition) is 6. The number of allylic oxidation sites excluding steroid dienone is 1. The Morgan fingerprint density at radius 2 is 1.90 bits per heavy atom. The van der Waals surface area contributed by atoms with Crippen molar-refractivity contribution in [3.63, 3.8) is 0 Å². The SMILES string of the molecule is CC(C)C1=C(Cc2ccc(OCCCOCc3ccccc3)cc2CN)C(C=O)NN1. The van der Waals surface area contributed by atoms with Crippen LogP contribution in [0.4, 0.5) is 0 Å². The van der Waals surface area contributed by atoms with E-state index >= 15 is 0 Å². The van der Waals surface area contributed by atoms with E-state index in [0.29, 0.717) is 38.7 Å². The lowest BCUT2D eigenvalue weighted by molar-refractivity contribution is -0.108. The van der Waals surface area contributed by atoms with Crippen LogP contribution in [0.5, 0.6) is 5.75 Å². The monoisotopic (exact) mass is 423 g/mol. The average molecular weight is 424 g/mol. The summed E-state index contributed by atoms with van der Waals surface area (Å²) in [4.78, 5) is 11.5. The molecule has 2 aromatic rings. The lowest BCUT2D eigenvalue weighted by Crippen LogP contribution is -2.34. The topological polar surface area (TPSA) is 85.6 Å². The maximum absolute atomic E-state index is 11.5. The molecule has 0 aromatic heterocycles. The first-order valence-electron chi connectivity index (χ1n) is 10.9. The van der Waals surface area contributed by atoms with E-state index in [1.807, 2.05) is 30.3 Å². The number of nitrogens with one attached hydrogen (secondary N) is 2. The fraction of sp³-hybridized carbons (Fsp3) is 0.400. The third-order valence-corrected chi connectivity index (χ3v) is 5.39. The molecule has 1 unspecified atom stereocenters. The van der Waals surface area contributed by atoms with Crippen molar-refractivity contribution < 1.29 is 14.3 Å². The largest absolute Gasteiger partial charge is 0.493 e. The highest BCUT2D eigenvalue weighted by atomic mass is 16.5. The highest BCUT2D eigenvalue weighted by Gasteiger charge is 2.26. The van der Waals surface area contributed by atoms with Crippen molar-refractivity contribution in [3.05, 3.63) is 76.5 Å². The number of carbonyl (C=O) groups is 1. The normalized spacial score (nSPS) is 15.9. The van der Waals surface area contributed by atoms with E-state index in [1.54, 1.807) is 0 Å². The number of benzene rings is 2. The number of nitrogens with two attached hydrogens (primary N) is 1. The van der Waals surface area contributed by atoms with Gasteiger partial charge in [-0.3, -0.25) is 0 Å². The molecule has 6 nitrogen and oxygen atoms in total. The zero-order chi connectivity index (χ0) is 22.1. The molecule has 6 heteroatoms. The maximum Gasteiger partial charge on any atom is 0.142 e. The Bertz CT molecular complexity index is 881. The molecule has 0 amide bonds. The van der Waals surface area contributed by atoms with Gasteiger partial charge < -0.3 is 25.4 Å². The fourth-order valence-electron chi connectivity index (χ4n) is 3.70. The van der Waals surface area contributed by atoms with E-state index in [9.17, 15) is 4.79 Å². The summed E-state index contributed by atoms with van der Waals surface area (Å²) in [6.07, 6.45) is 2.43. The number of aldehydes is 1. The van der Waals surface area contributed by atoms with Crippen LogP contribution < -0.4 is 21.3 Å². The molecule has 0 radical (unpaired) electrons. The second kappa shape index (κ2) is 11.6. The van der Waals surface area contributed by atoms with Gasteiger partial charge in [-0.2, -0.15) is 0 Å². The molecule has 4 N–H and O–H groups in total. The second-order valence-corrected chi connectivity index (χ2v) is 8.03. The molecule has 0 bridgehead atoms. The molecule has 0 fully saturated rings. The first kappa shape index (κ1) is 23.0. The summed E-state index contributed by atoms with van der Waals surface area (Å²) in [6, 6.07) is 15.9. The van der Waals surface area contributed by atoms with E-state index in [2.05, 4.69) is 42.9 Å². The van der Waals surface area contributed by atoms with Crippen LogP contribution in [0, 0.1) is 5.92 Å². The third kappa shape index (κ3) is 6.40. The van der Waals surface area contributed by atoms with Crippen molar-refractivity contribution in [1.29, 1.82) is 0 Å². The average Bonchev–Trinajstić information content (AvgIpc) is 3.20. The minimum atomic E-state index is -0.310. The number of hydrazine groups is 1. The Balaban J connectivity index is 1.52. The minimum absolute atomic E-state index is 0.306. The lowest BCUT2D eigenvalue weighted by atomic mass is 9.92. The van der Waals surface area contributed by atoms with Gasteiger partial charge in [0.25, 0.3) is 0 Å². The van der Waals surface area contributed by atoms with Crippen LogP contribution in [0.3, 0.4) is 0 Å². The number of hydrogen-bond donors (Lipinski definition) is 3. The molecule has 1 aliphatic rings. The van der Waals surface area contributed by atoms with E-state index in [-0.39, 0.29) is 6.04 Å². The van der Waals surface area contributed by atoms with Crippen molar-refractivity contribution >= 4 is 6.29 Å². The van der Waals surface area contributed by atoms with Crippen molar-refractivity contribution in [3.8, 4) is 5.75 Å². The number of ether oxygens (including phenoxy) is 2.